The Kier molecular flexibility index (Phi) is 10.1. The van der Waals surface area contributed by atoms with Crippen LogP contribution in [0.3, 0.4) is 0 Å². The number of ether oxygens (including phenoxy) is 2. The van der Waals surface area contributed by atoms with Crippen molar-refractivity contribution < 1.29 is 18.7 Å². The lowest BCUT2D eigenvalue weighted by Crippen LogP contribution is -2.46. The van der Waals surface area contributed by atoms with Crippen molar-refractivity contribution in [2.24, 2.45) is 0 Å². The number of amides is 1. The maximum atomic E-state index is 17.2. The molecule has 49 heavy (non-hydrogen) atoms. The van der Waals surface area contributed by atoms with Gasteiger partial charge in [0.2, 0.25) is 5.88 Å². The first-order valence-corrected chi connectivity index (χ1v) is 16.7. The molecule has 0 radical (unpaired) electrons. The molecule has 13 heteroatoms. The van der Waals surface area contributed by atoms with E-state index in [1.54, 1.807) is 34.7 Å². The number of nitrogens with zero attached hydrogens (tertiary/aromatic N) is 8. The Morgan fingerprint density at radius 1 is 1.16 bits per heavy atom. The number of rotatable bonds is 9. The molecule has 4 aromatic rings. The molecule has 0 spiro atoms. The summed E-state index contributed by atoms with van der Waals surface area (Å²) in [5.74, 6) is 4.81. The quantitative estimate of drug-likeness (QED) is 0.200. The van der Waals surface area contributed by atoms with Crippen LogP contribution in [0.4, 0.5) is 4.39 Å². The van der Waals surface area contributed by atoms with Crippen LogP contribution in [0.15, 0.2) is 24.3 Å². The smallest absolute Gasteiger partial charge is 0.298 e. The number of nitriles is 2. The number of para-hydroxylation sites is 1. The first-order chi connectivity index (χ1) is 23.8. The van der Waals surface area contributed by atoms with E-state index < -0.39 is 5.82 Å². The predicted molar refractivity (Wildman–Crippen MR) is 182 cm³/mol. The van der Waals surface area contributed by atoms with Crippen LogP contribution in [0.5, 0.6) is 11.6 Å². The van der Waals surface area contributed by atoms with Gasteiger partial charge in [-0.2, -0.15) is 10.5 Å². The number of fused-ring (bicyclic) bond motifs is 3. The number of piperidine rings is 1. The number of hydrogen-bond acceptors (Lipinski definition) is 9. The molecule has 2 fully saturated rings. The number of benzene rings is 2. The van der Waals surface area contributed by atoms with Gasteiger partial charge in [0.05, 0.1) is 36.7 Å². The lowest BCUT2D eigenvalue weighted by atomic mass is 9.92. The normalized spacial score (nSPS) is 19.3. The van der Waals surface area contributed by atoms with E-state index in [1.807, 2.05) is 6.07 Å². The van der Waals surface area contributed by atoms with Crippen LogP contribution in [-0.2, 0) is 11.2 Å². The number of methoxy groups -OCH3 is 1. The molecule has 252 valence electrons. The molecule has 6 rings (SSSR count). The molecule has 0 bridgehead atoms. The van der Waals surface area contributed by atoms with Gasteiger partial charge in [0.1, 0.15) is 23.4 Å². The molecule has 2 aromatic carbocycles. The van der Waals surface area contributed by atoms with Crippen LogP contribution in [0, 0.1) is 40.3 Å². The zero-order valence-corrected chi connectivity index (χ0v) is 28.4. The Morgan fingerprint density at radius 3 is 2.71 bits per heavy atom. The van der Waals surface area contributed by atoms with Crippen molar-refractivity contribution >= 4 is 39.4 Å². The number of pyridine rings is 1. The second-order valence-corrected chi connectivity index (χ2v) is 12.8. The van der Waals surface area contributed by atoms with Gasteiger partial charge in [-0.05, 0) is 76.2 Å². The molecule has 0 aliphatic carbocycles. The van der Waals surface area contributed by atoms with E-state index in [0.29, 0.717) is 64.3 Å². The van der Waals surface area contributed by atoms with Crippen molar-refractivity contribution in [3.05, 3.63) is 40.7 Å². The van der Waals surface area contributed by atoms with E-state index in [9.17, 15) is 15.3 Å². The number of halogens is 2. The lowest BCUT2D eigenvalue weighted by molar-refractivity contribution is -0.129. The third-order valence-corrected chi connectivity index (χ3v) is 9.87. The average molecular weight is 683 g/mol. The number of carbonyl (C=O) groups excluding carboxylic acids is 1. The van der Waals surface area contributed by atoms with Gasteiger partial charge in [0, 0.05) is 41.6 Å². The summed E-state index contributed by atoms with van der Waals surface area (Å²) in [5, 5.41) is 29.0. The lowest BCUT2D eigenvalue weighted by Gasteiger charge is -2.37. The number of hydrogen-bond donors (Lipinski definition) is 0. The van der Waals surface area contributed by atoms with Crippen LogP contribution < -0.4 is 9.47 Å². The molecule has 0 unspecified atom stereocenters. The maximum Gasteiger partial charge on any atom is 0.298 e. The molecule has 2 aliphatic rings. The van der Waals surface area contributed by atoms with Crippen molar-refractivity contribution in [2.75, 3.05) is 33.9 Å². The highest BCUT2D eigenvalue weighted by atomic mass is 35.5. The molecule has 2 aliphatic heterocycles. The second-order valence-electron chi connectivity index (χ2n) is 12.4. The van der Waals surface area contributed by atoms with E-state index in [1.165, 1.54) is 7.11 Å². The van der Waals surface area contributed by atoms with Crippen molar-refractivity contribution in [3.63, 3.8) is 0 Å². The van der Waals surface area contributed by atoms with Gasteiger partial charge in [-0.15, -0.1) is 5.10 Å². The number of carbonyl (C=O) groups is 1. The fourth-order valence-electron chi connectivity index (χ4n) is 7.14. The summed E-state index contributed by atoms with van der Waals surface area (Å²) in [6.45, 7) is 3.28. The van der Waals surface area contributed by atoms with Crippen LogP contribution in [0.1, 0.15) is 57.1 Å². The molecule has 0 saturated carbocycles. The van der Waals surface area contributed by atoms with Crippen LogP contribution in [0.25, 0.3) is 33.1 Å². The molecular formula is C36H36ClFN8O3. The number of likely N-dealkylation sites (tertiary alicyclic amines) is 2. The molecule has 2 aromatic heterocycles. The molecular weight excluding hydrogens is 647 g/mol. The molecule has 2 saturated heterocycles. The van der Waals surface area contributed by atoms with E-state index >= 15 is 4.39 Å². The van der Waals surface area contributed by atoms with E-state index in [4.69, 9.17) is 26.1 Å². The van der Waals surface area contributed by atoms with Crippen molar-refractivity contribution in [3.8, 4) is 46.7 Å². The van der Waals surface area contributed by atoms with Crippen molar-refractivity contribution in [1.29, 1.82) is 10.5 Å². The predicted octanol–water partition coefficient (Wildman–Crippen LogP) is 5.85. The standard InChI is InChI=1S/C36H36ClFN8O3/c1-4-8-29(47)45-18-14-24(20-23(45)13-16-40)46-34-27-19-22(9-6-15-39)30(26-11-5-12-28(37)35(26)48-3)31(38)32(27)41-36(33(34)42-43-46)49-21-25-10-7-17-44(25)2/h5,11-12,19,23-25H,6-7,9-10,13-14,17-18,20-21H2,1-3H3/t23-,24+,25+/m1/s1. The van der Waals surface area contributed by atoms with Gasteiger partial charge < -0.3 is 19.3 Å². The summed E-state index contributed by atoms with van der Waals surface area (Å²) in [6, 6.07) is 10.9. The number of aryl methyl sites for hydroxylation is 1. The minimum Gasteiger partial charge on any atom is -0.495 e. The Balaban J connectivity index is 1.56. The summed E-state index contributed by atoms with van der Waals surface area (Å²) in [4.78, 5) is 21.4. The molecule has 1 amide bonds. The first-order valence-electron chi connectivity index (χ1n) is 16.3. The highest BCUT2D eigenvalue weighted by Crippen LogP contribution is 2.44. The fourth-order valence-corrected chi connectivity index (χ4v) is 7.39. The topological polar surface area (TPSA) is 133 Å². The van der Waals surface area contributed by atoms with Crippen LogP contribution in [-0.4, -0.2) is 81.6 Å². The highest BCUT2D eigenvalue weighted by molar-refractivity contribution is 6.32. The third kappa shape index (κ3) is 6.45. The summed E-state index contributed by atoms with van der Waals surface area (Å²) in [7, 11) is 3.53. The van der Waals surface area contributed by atoms with E-state index in [2.05, 4.69) is 46.2 Å². The average Bonchev–Trinajstić information content (AvgIpc) is 3.73. The first kappa shape index (κ1) is 33.9. The van der Waals surface area contributed by atoms with Crippen LogP contribution in [0.2, 0.25) is 5.02 Å². The minimum atomic E-state index is -0.607. The monoisotopic (exact) mass is 682 g/mol. The van der Waals surface area contributed by atoms with E-state index in [0.717, 1.165) is 19.4 Å². The molecule has 0 N–H and O–H groups in total. The molecule has 3 atom stereocenters. The number of aromatic nitrogens is 4. The van der Waals surface area contributed by atoms with Gasteiger partial charge in [0.15, 0.2) is 11.3 Å². The highest BCUT2D eigenvalue weighted by Gasteiger charge is 2.35. The largest absolute Gasteiger partial charge is 0.495 e. The summed E-state index contributed by atoms with van der Waals surface area (Å²) in [5.41, 5.74) is 2.24. The van der Waals surface area contributed by atoms with Gasteiger partial charge in [0.25, 0.3) is 5.91 Å². The summed E-state index contributed by atoms with van der Waals surface area (Å²) >= 11 is 6.49. The molecule has 4 heterocycles. The summed E-state index contributed by atoms with van der Waals surface area (Å²) < 4.78 is 30.9. The van der Waals surface area contributed by atoms with Gasteiger partial charge in [-0.1, -0.05) is 34.9 Å². The van der Waals surface area contributed by atoms with Crippen LogP contribution >= 0.6 is 11.6 Å². The maximum absolute atomic E-state index is 17.2. The zero-order chi connectivity index (χ0) is 34.7. The van der Waals surface area contributed by atoms with Crippen molar-refractivity contribution in [2.45, 2.75) is 70.0 Å². The minimum absolute atomic E-state index is 0.0583. The van der Waals surface area contributed by atoms with Crippen molar-refractivity contribution in [1.82, 2.24) is 29.8 Å². The Hall–Kier alpha value is -4.96. The molecule has 11 nitrogen and oxygen atoms in total. The van der Waals surface area contributed by atoms with Gasteiger partial charge >= 0.3 is 0 Å². The summed E-state index contributed by atoms with van der Waals surface area (Å²) in [6.07, 6.45) is 3.50. The Labute approximate surface area is 289 Å². The van der Waals surface area contributed by atoms with E-state index in [-0.39, 0.29) is 60.3 Å². The van der Waals surface area contributed by atoms with Gasteiger partial charge in [-0.25, -0.2) is 14.1 Å². The fraction of sp³-hybridized carbons (Fsp3) is 0.444. The zero-order valence-electron chi connectivity index (χ0n) is 27.7. The Bertz CT molecular complexity index is 2060. The SMILES string of the molecule is CC#CC(=O)N1CC[C@H](n2nnc3c(OC[C@@H]4CCCN4C)nc4c(F)c(-c5cccc(Cl)c5OC)c(CCC#N)cc4c32)C[C@H]1CC#N. The Morgan fingerprint density at radius 2 is 2.00 bits per heavy atom. The third-order valence-electron chi connectivity index (χ3n) is 9.57. The second kappa shape index (κ2) is 14.7. The van der Waals surface area contributed by atoms with Gasteiger partial charge in [-0.3, -0.25) is 4.79 Å². The number of likely N-dealkylation sites (N-methyl/N-ethyl adjacent to an activating group) is 1.